The predicted octanol–water partition coefficient (Wildman–Crippen LogP) is 2.16. The van der Waals surface area contributed by atoms with E-state index in [9.17, 15) is 19.2 Å². The molecule has 10 heteroatoms. The lowest BCUT2D eigenvalue weighted by Gasteiger charge is -2.16. The number of carbonyl (C=O) groups excluding carboxylic acids is 4. The van der Waals surface area contributed by atoms with Gasteiger partial charge < -0.3 is 29.4 Å². The summed E-state index contributed by atoms with van der Waals surface area (Å²) in [6.07, 6.45) is 1.44. The van der Waals surface area contributed by atoms with Crippen molar-refractivity contribution >= 4 is 35.5 Å². The summed E-state index contributed by atoms with van der Waals surface area (Å²) in [4.78, 5) is 50.9. The number of anilines is 1. The highest BCUT2D eigenvalue weighted by Crippen LogP contribution is 2.31. The number of rotatable bonds is 8. The molecule has 1 aromatic carbocycles. The van der Waals surface area contributed by atoms with Crippen molar-refractivity contribution in [2.24, 2.45) is 0 Å². The molecule has 184 valence electrons. The molecule has 0 spiro atoms. The van der Waals surface area contributed by atoms with Gasteiger partial charge in [-0.3, -0.25) is 14.4 Å². The van der Waals surface area contributed by atoms with Crippen LogP contribution in [0.2, 0.25) is 0 Å². The molecule has 1 aliphatic heterocycles. The third-order valence-corrected chi connectivity index (χ3v) is 5.33. The molecule has 0 unspecified atom stereocenters. The molecule has 1 aromatic heterocycles. The molecule has 0 bridgehead atoms. The molecule has 0 saturated heterocycles. The summed E-state index contributed by atoms with van der Waals surface area (Å²) in [6.45, 7) is 4.10. The van der Waals surface area contributed by atoms with Crippen LogP contribution in [0, 0.1) is 6.92 Å². The number of furan rings is 1. The van der Waals surface area contributed by atoms with Gasteiger partial charge in [0.15, 0.2) is 0 Å². The van der Waals surface area contributed by atoms with Crippen LogP contribution in [0.25, 0.3) is 6.08 Å². The number of ether oxygens (including phenoxy) is 2. The van der Waals surface area contributed by atoms with E-state index in [4.69, 9.17) is 13.9 Å². The Balaban J connectivity index is 1.68. The molecule has 0 radical (unpaired) electrons. The Bertz CT molecular complexity index is 1190. The predicted molar refractivity (Wildman–Crippen MR) is 127 cm³/mol. The molecule has 0 atom stereocenters. The average molecular weight is 482 g/mol. The van der Waals surface area contributed by atoms with E-state index in [0.717, 1.165) is 5.56 Å². The van der Waals surface area contributed by atoms with Crippen molar-refractivity contribution in [3.63, 3.8) is 0 Å². The molecule has 3 rings (SSSR count). The zero-order valence-corrected chi connectivity index (χ0v) is 20.0. The molecule has 2 aromatic rings. The van der Waals surface area contributed by atoms with Crippen molar-refractivity contribution in [2.45, 2.75) is 20.4 Å². The van der Waals surface area contributed by atoms with Gasteiger partial charge in [0.25, 0.3) is 5.91 Å². The summed E-state index contributed by atoms with van der Waals surface area (Å²) in [5, 5.41) is 5.00. The fraction of sp³-hybridized carbons (Fsp3) is 0.280. The highest BCUT2D eigenvalue weighted by Gasteiger charge is 2.37. The van der Waals surface area contributed by atoms with Crippen molar-refractivity contribution < 1.29 is 33.1 Å². The number of hydrogen-bond donors (Lipinski definition) is 2. The van der Waals surface area contributed by atoms with Gasteiger partial charge >= 0.3 is 17.8 Å². The summed E-state index contributed by atoms with van der Waals surface area (Å²) in [5.41, 5.74) is 2.28. The summed E-state index contributed by atoms with van der Waals surface area (Å²) < 4.78 is 15.6. The summed E-state index contributed by atoms with van der Waals surface area (Å²) in [6, 6.07) is 10.2. The van der Waals surface area contributed by atoms with Gasteiger partial charge in [-0.25, -0.2) is 4.79 Å². The van der Waals surface area contributed by atoms with Crippen LogP contribution in [-0.2, 0) is 35.2 Å². The number of nitrogens with zero attached hydrogens (tertiary/aromatic N) is 1. The van der Waals surface area contributed by atoms with Crippen LogP contribution in [0.1, 0.15) is 24.0 Å². The Hall–Kier alpha value is -4.18. The van der Waals surface area contributed by atoms with E-state index in [1.165, 1.54) is 25.2 Å². The lowest BCUT2D eigenvalue weighted by atomic mass is 10.1. The molecular formula is C25H27N3O7. The van der Waals surface area contributed by atoms with Crippen molar-refractivity contribution in [1.29, 1.82) is 0 Å². The molecule has 0 fully saturated rings. The smallest absolute Gasteiger partial charge is 0.340 e. The second kappa shape index (κ2) is 11.3. The fourth-order valence-electron chi connectivity index (χ4n) is 3.46. The van der Waals surface area contributed by atoms with E-state index < -0.39 is 17.8 Å². The van der Waals surface area contributed by atoms with Gasteiger partial charge in [0.05, 0.1) is 31.4 Å². The number of carbonyl (C=O) groups is 4. The summed E-state index contributed by atoms with van der Waals surface area (Å²) in [7, 11) is 2.76. The molecule has 2 heterocycles. The second-order valence-corrected chi connectivity index (χ2v) is 7.77. The molecule has 3 amide bonds. The van der Waals surface area contributed by atoms with Crippen LogP contribution < -0.4 is 10.6 Å². The standard InChI is InChI=1S/C25H27N3O7/c1-15-5-7-17(8-6-15)27-23(30)22(29)26-14-19-10-9-18(35-19)13-20-21(25(32)34-4)16(2)28(24(20)31)11-12-33-3/h5-10,13H,11-12,14H2,1-4H3,(H,26,29)(H,27,30)/b20-13-. The van der Waals surface area contributed by atoms with Gasteiger partial charge in [-0.1, -0.05) is 17.7 Å². The van der Waals surface area contributed by atoms with Crippen molar-refractivity contribution in [3.8, 4) is 0 Å². The fourth-order valence-corrected chi connectivity index (χ4v) is 3.46. The van der Waals surface area contributed by atoms with E-state index in [2.05, 4.69) is 10.6 Å². The normalized spacial score (nSPS) is 14.5. The molecule has 0 aliphatic carbocycles. The number of esters is 1. The topological polar surface area (TPSA) is 127 Å². The van der Waals surface area contributed by atoms with Crippen LogP contribution in [0.3, 0.4) is 0 Å². The molecular weight excluding hydrogens is 454 g/mol. The molecule has 35 heavy (non-hydrogen) atoms. The SMILES string of the molecule is COCCN1C(=O)/C(=C\c2ccc(CNC(=O)C(=O)Nc3ccc(C)cc3)o2)C(C(=O)OC)=C1C. The van der Waals surface area contributed by atoms with Crippen molar-refractivity contribution in [1.82, 2.24) is 10.2 Å². The molecule has 10 nitrogen and oxygen atoms in total. The number of nitrogens with one attached hydrogen (secondary N) is 2. The lowest BCUT2D eigenvalue weighted by Crippen LogP contribution is -2.34. The maximum atomic E-state index is 12.9. The maximum absolute atomic E-state index is 12.9. The van der Waals surface area contributed by atoms with Crippen LogP contribution >= 0.6 is 0 Å². The first-order chi connectivity index (χ1) is 16.7. The first-order valence-corrected chi connectivity index (χ1v) is 10.8. The highest BCUT2D eigenvalue weighted by atomic mass is 16.5. The van der Waals surface area contributed by atoms with E-state index >= 15 is 0 Å². The summed E-state index contributed by atoms with van der Waals surface area (Å²) in [5.74, 6) is -1.99. The van der Waals surface area contributed by atoms with Crippen LogP contribution in [-0.4, -0.2) is 56.0 Å². The molecule has 1 aliphatic rings. The maximum Gasteiger partial charge on any atom is 0.340 e. The minimum atomic E-state index is -0.826. The molecule has 0 saturated carbocycles. The van der Waals surface area contributed by atoms with Crippen LogP contribution in [0.4, 0.5) is 5.69 Å². The zero-order chi connectivity index (χ0) is 25.5. The number of hydrogen-bond acceptors (Lipinski definition) is 7. The Kier molecular flexibility index (Phi) is 8.21. The van der Waals surface area contributed by atoms with Crippen molar-refractivity contribution in [2.75, 3.05) is 32.7 Å². The Morgan fingerprint density at radius 3 is 2.40 bits per heavy atom. The molecule has 2 N–H and O–H groups in total. The largest absolute Gasteiger partial charge is 0.465 e. The van der Waals surface area contributed by atoms with E-state index in [0.29, 0.717) is 29.5 Å². The third kappa shape index (κ3) is 6.04. The number of allylic oxidation sites excluding steroid dienone is 1. The first kappa shape index (κ1) is 25.4. The Morgan fingerprint density at radius 1 is 1.03 bits per heavy atom. The Labute approximate surface area is 202 Å². The van der Waals surface area contributed by atoms with E-state index in [1.807, 2.05) is 19.1 Å². The average Bonchev–Trinajstić information content (AvgIpc) is 3.39. The lowest BCUT2D eigenvalue weighted by molar-refractivity contribution is -0.136. The van der Waals surface area contributed by atoms with Crippen LogP contribution in [0.15, 0.2) is 57.7 Å². The zero-order valence-electron chi connectivity index (χ0n) is 20.0. The number of aryl methyl sites for hydroxylation is 1. The number of benzene rings is 1. The minimum absolute atomic E-state index is 0.0457. The van der Waals surface area contributed by atoms with Gasteiger partial charge in [-0.15, -0.1) is 0 Å². The van der Waals surface area contributed by atoms with Gasteiger partial charge in [0.2, 0.25) is 0 Å². The Morgan fingerprint density at radius 2 is 1.74 bits per heavy atom. The monoisotopic (exact) mass is 481 g/mol. The summed E-state index contributed by atoms with van der Waals surface area (Å²) >= 11 is 0. The first-order valence-electron chi connectivity index (χ1n) is 10.8. The highest BCUT2D eigenvalue weighted by molar-refractivity contribution is 6.39. The number of amides is 3. The minimum Gasteiger partial charge on any atom is -0.465 e. The van der Waals surface area contributed by atoms with Gasteiger partial charge in [0.1, 0.15) is 11.5 Å². The van der Waals surface area contributed by atoms with Gasteiger partial charge in [0, 0.05) is 25.0 Å². The van der Waals surface area contributed by atoms with E-state index in [1.54, 1.807) is 31.2 Å². The van der Waals surface area contributed by atoms with E-state index in [-0.39, 0.29) is 30.1 Å². The van der Waals surface area contributed by atoms with Gasteiger partial charge in [-0.2, -0.15) is 0 Å². The second-order valence-electron chi connectivity index (χ2n) is 7.77. The third-order valence-electron chi connectivity index (χ3n) is 5.33. The van der Waals surface area contributed by atoms with Crippen LogP contribution in [0.5, 0.6) is 0 Å². The quantitative estimate of drug-likeness (QED) is 0.336. The van der Waals surface area contributed by atoms with Gasteiger partial charge in [-0.05, 0) is 44.2 Å². The van der Waals surface area contributed by atoms with Crippen molar-refractivity contribution in [3.05, 3.63) is 70.3 Å². The number of methoxy groups -OCH3 is 2.